The van der Waals surface area contributed by atoms with Crippen LogP contribution in [0.1, 0.15) is 61.7 Å². The Kier molecular flexibility index (Phi) is 8.58. The fourth-order valence-corrected chi connectivity index (χ4v) is 4.01. The molecule has 33 heavy (non-hydrogen) atoms. The highest BCUT2D eigenvalue weighted by atomic mass is 16.5. The SMILES string of the molecule is COc1ccc(CN(CC[C@@H](c2ccc(OC(C)C)cc2)C(C)C)C(=O)c2ccco2)cc1. The highest BCUT2D eigenvalue weighted by molar-refractivity contribution is 5.91. The number of amides is 1. The van der Waals surface area contributed by atoms with Crippen LogP contribution in [-0.2, 0) is 6.54 Å². The van der Waals surface area contributed by atoms with Gasteiger partial charge in [0.05, 0.1) is 19.5 Å². The second kappa shape index (κ2) is 11.6. The zero-order valence-electron chi connectivity index (χ0n) is 20.3. The molecule has 0 spiro atoms. The lowest BCUT2D eigenvalue weighted by Gasteiger charge is -2.27. The zero-order valence-corrected chi connectivity index (χ0v) is 20.3. The van der Waals surface area contributed by atoms with Crippen LogP contribution < -0.4 is 9.47 Å². The molecule has 0 radical (unpaired) electrons. The van der Waals surface area contributed by atoms with Crippen molar-refractivity contribution >= 4 is 5.91 Å². The Morgan fingerprint density at radius 1 is 0.939 bits per heavy atom. The summed E-state index contributed by atoms with van der Waals surface area (Å²) in [7, 11) is 1.65. The van der Waals surface area contributed by atoms with Gasteiger partial charge in [-0.25, -0.2) is 0 Å². The van der Waals surface area contributed by atoms with Crippen LogP contribution in [0, 0.1) is 5.92 Å². The molecule has 0 unspecified atom stereocenters. The normalized spacial score (nSPS) is 12.1. The molecule has 1 amide bonds. The van der Waals surface area contributed by atoms with Gasteiger partial charge in [-0.15, -0.1) is 0 Å². The van der Waals surface area contributed by atoms with Crippen molar-refractivity contribution in [2.75, 3.05) is 13.7 Å². The topological polar surface area (TPSA) is 51.9 Å². The molecule has 0 N–H and O–H groups in total. The summed E-state index contributed by atoms with van der Waals surface area (Å²) in [5, 5.41) is 0. The van der Waals surface area contributed by atoms with Gasteiger partial charge in [0.25, 0.3) is 5.91 Å². The second-order valence-electron chi connectivity index (χ2n) is 8.93. The summed E-state index contributed by atoms with van der Waals surface area (Å²) < 4.78 is 16.5. The van der Waals surface area contributed by atoms with E-state index in [2.05, 4.69) is 26.0 Å². The highest BCUT2D eigenvalue weighted by Crippen LogP contribution is 2.30. The average Bonchev–Trinajstić information content (AvgIpc) is 3.34. The number of furan rings is 1. The standard InChI is InChI=1S/C28H35NO4/c1-20(2)26(23-10-14-25(15-11-23)33-21(3)4)16-17-29(28(30)27-7-6-18-32-27)19-22-8-12-24(31-5)13-9-22/h6-15,18,20-21,26H,16-17,19H2,1-5H3/t26-/m1/s1. The van der Waals surface area contributed by atoms with Crippen molar-refractivity contribution in [3.8, 4) is 11.5 Å². The molecule has 2 aromatic carbocycles. The molecule has 0 saturated heterocycles. The molecule has 0 aliphatic rings. The highest BCUT2D eigenvalue weighted by Gasteiger charge is 2.22. The Morgan fingerprint density at radius 2 is 1.61 bits per heavy atom. The number of hydrogen-bond donors (Lipinski definition) is 0. The van der Waals surface area contributed by atoms with Crippen molar-refractivity contribution in [1.29, 1.82) is 0 Å². The molecular weight excluding hydrogens is 414 g/mol. The average molecular weight is 450 g/mol. The predicted octanol–water partition coefficient (Wildman–Crippen LogP) is 6.55. The summed E-state index contributed by atoms with van der Waals surface area (Å²) >= 11 is 0. The van der Waals surface area contributed by atoms with Crippen molar-refractivity contribution in [2.24, 2.45) is 5.92 Å². The lowest BCUT2D eigenvalue weighted by Crippen LogP contribution is -2.32. The lowest BCUT2D eigenvalue weighted by atomic mass is 9.85. The number of hydrogen-bond acceptors (Lipinski definition) is 4. The first-order chi connectivity index (χ1) is 15.9. The predicted molar refractivity (Wildman–Crippen MR) is 131 cm³/mol. The lowest BCUT2D eigenvalue weighted by molar-refractivity contribution is 0.0702. The Labute approximate surface area is 197 Å². The van der Waals surface area contributed by atoms with Gasteiger partial charge in [0.1, 0.15) is 11.5 Å². The summed E-state index contributed by atoms with van der Waals surface area (Å²) in [5.74, 6) is 2.70. The van der Waals surface area contributed by atoms with Gasteiger partial charge in [-0.3, -0.25) is 4.79 Å². The number of methoxy groups -OCH3 is 1. The van der Waals surface area contributed by atoms with Gasteiger partial charge in [-0.05, 0) is 79.6 Å². The van der Waals surface area contributed by atoms with Crippen LogP contribution in [0.2, 0.25) is 0 Å². The number of carbonyl (C=O) groups excluding carboxylic acids is 1. The quantitative estimate of drug-likeness (QED) is 0.333. The largest absolute Gasteiger partial charge is 0.497 e. The van der Waals surface area contributed by atoms with Crippen LogP contribution >= 0.6 is 0 Å². The molecule has 3 aromatic rings. The van der Waals surface area contributed by atoms with Crippen molar-refractivity contribution < 1.29 is 18.7 Å². The van der Waals surface area contributed by atoms with E-state index in [-0.39, 0.29) is 12.0 Å². The summed E-state index contributed by atoms with van der Waals surface area (Å²) in [5.41, 5.74) is 2.31. The molecular formula is C28H35NO4. The van der Waals surface area contributed by atoms with Crippen LogP contribution in [0.4, 0.5) is 0 Å². The van der Waals surface area contributed by atoms with Gasteiger partial charge in [-0.1, -0.05) is 38.1 Å². The monoisotopic (exact) mass is 449 g/mol. The maximum Gasteiger partial charge on any atom is 0.289 e. The van der Waals surface area contributed by atoms with E-state index in [9.17, 15) is 4.79 Å². The first kappa shape index (κ1) is 24.4. The van der Waals surface area contributed by atoms with E-state index in [0.717, 1.165) is 23.5 Å². The molecule has 1 heterocycles. The molecule has 0 bridgehead atoms. The van der Waals surface area contributed by atoms with Crippen LogP contribution in [-0.4, -0.2) is 30.6 Å². The molecule has 5 nitrogen and oxygen atoms in total. The molecule has 176 valence electrons. The second-order valence-corrected chi connectivity index (χ2v) is 8.93. The summed E-state index contributed by atoms with van der Waals surface area (Å²) in [6.45, 7) is 9.64. The van der Waals surface area contributed by atoms with Gasteiger partial charge < -0.3 is 18.8 Å². The van der Waals surface area contributed by atoms with E-state index in [1.165, 1.54) is 11.8 Å². The van der Waals surface area contributed by atoms with Crippen molar-refractivity contribution in [3.05, 3.63) is 83.8 Å². The molecule has 0 fully saturated rings. The molecule has 3 rings (SSSR count). The van der Waals surface area contributed by atoms with Crippen molar-refractivity contribution in [2.45, 2.75) is 52.7 Å². The number of nitrogens with zero attached hydrogens (tertiary/aromatic N) is 1. The smallest absolute Gasteiger partial charge is 0.289 e. The molecule has 5 heteroatoms. The van der Waals surface area contributed by atoms with Gasteiger partial charge >= 0.3 is 0 Å². The van der Waals surface area contributed by atoms with Crippen LogP contribution in [0.3, 0.4) is 0 Å². The van der Waals surface area contributed by atoms with E-state index in [4.69, 9.17) is 13.9 Å². The van der Waals surface area contributed by atoms with E-state index >= 15 is 0 Å². The molecule has 0 aliphatic carbocycles. The fraction of sp³-hybridized carbons (Fsp3) is 0.393. The maximum absolute atomic E-state index is 13.2. The third-order valence-corrected chi connectivity index (χ3v) is 5.75. The number of benzene rings is 2. The third kappa shape index (κ3) is 6.88. The first-order valence-electron chi connectivity index (χ1n) is 11.6. The summed E-state index contributed by atoms with van der Waals surface area (Å²) in [6.07, 6.45) is 2.54. The Morgan fingerprint density at radius 3 is 2.15 bits per heavy atom. The Hall–Kier alpha value is -3.21. The zero-order chi connectivity index (χ0) is 23.8. The van der Waals surface area contributed by atoms with Gasteiger partial charge in [0.15, 0.2) is 5.76 Å². The van der Waals surface area contributed by atoms with Crippen molar-refractivity contribution in [3.63, 3.8) is 0 Å². The number of ether oxygens (including phenoxy) is 2. The van der Waals surface area contributed by atoms with E-state index < -0.39 is 0 Å². The molecule has 0 saturated carbocycles. The van der Waals surface area contributed by atoms with E-state index in [1.54, 1.807) is 19.2 Å². The first-order valence-corrected chi connectivity index (χ1v) is 11.6. The van der Waals surface area contributed by atoms with Gasteiger partial charge in [0.2, 0.25) is 0 Å². The molecule has 1 aromatic heterocycles. The van der Waals surface area contributed by atoms with Crippen LogP contribution in [0.5, 0.6) is 11.5 Å². The van der Waals surface area contributed by atoms with Crippen molar-refractivity contribution in [1.82, 2.24) is 4.90 Å². The fourth-order valence-electron chi connectivity index (χ4n) is 4.01. The number of rotatable bonds is 11. The third-order valence-electron chi connectivity index (χ3n) is 5.75. The summed E-state index contributed by atoms with van der Waals surface area (Å²) in [6, 6.07) is 19.7. The number of carbonyl (C=O) groups is 1. The summed E-state index contributed by atoms with van der Waals surface area (Å²) in [4.78, 5) is 15.1. The van der Waals surface area contributed by atoms with Crippen LogP contribution in [0.15, 0.2) is 71.3 Å². The molecule has 0 aliphatic heterocycles. The minimum Gasteiger partial charge on any atom is -0.497 e. The van der Waals surface area contributed by atoms with E-state index in [1.807, 2.05) is 55.1 Å². The Bertz CT molecular complexity index is 976. The van der Waals surface area contributed by atoms with Gasteiger partial charge in [-0.2, -0.15) is 0 Å². The van der Waals surface area contributed by atoms with Gasteiger partial charge in [0, 0.05) is 13.1 Å². The van der Waals surface area contributed by atoms with Crippen LogP contribution in [0.25, 0.3) is 0 Å². The van der Waals surface area contributed by atoms with E-state index in [0.29, 0.717) is 30.7 Å². The Balaban J connectivity index is 1.75. The minimum atomic E-state index is -0.0981. The maximum atomic E-state index is 13.2. The molecule has 1 atom stereocenters. The minimum absolute atomic E-state index is 0.0981.